The Kier molecular flexibility index (Phi) is 4.45. The minimum atomic E-state index is 0.107. The monoisotopic (exact) mass is 291 g/mol. The molecule has 0 radical (unpaired) electrons. The van der Waals surface area contributed by atoms with E-state index in [-0.39, 0.29) is 11.8 Å². The van der Waals surface area contributed by atoms with Crippen LogP contribution in [0.3, 0.4) is 0 Å². The maximum atomic E-state index is 9.70. The minimum Gasteiger partial charge on any atom is -0.504 e. The summed E-state index contributed by atoms with van der Waals surface area (Å²) in [5.74, 6) is 0.676. The summed E-state index contributed by atoms with van der Waals surface area (Å²) >= 11 is 5.91. The van der Waals surface area contributed by atoms with Crippen LogP contribution >= 0.6 is 11.6 Å². The van der Waals surface area contributed by atoms with Crippen molar-refractivity contribution in [1.82, 2.24) is 9.97 Å². The van der Waals surface area contributed by atoms with E-state index in [0.717, 1.165) is 17.0 Å². The third kappa shape index (κ3) is 3.20. The van der Waals surface area contributed by atoms with Crippen molar-refractivity contribution in [2.45, 2.75) is 33.2 Å². The zero-order valence-electron chi connectivity index (χ0n) is 11.8. The molecule has 0 aliphatic carbocycles. The van der Waals surface area contributed by atoms with Gasteiger partial charge in [-0.2, -0.15) is 0 Å². The number of benzene rings is 1. The van der Waals surface area contributed by atoms with Gasteiger partial charge in [-0.15, -0.1) is 0 Å². The number of hydrogen-bond donors (Lipinski definition) is 2. The van der Waals surface area contributed by atoms with Gasteiger partial charge in [-0.3, -0.25) is 0 Å². The molecule has 0 bridgehead atoms. The Balaban J connectivity index is 2.24. The van der Waals surface area contributed by atoms with Gasteiger partial charge in [-0.1, -0.05) is 30.7 Å². The van der Waals surface area contributed by atoms with Gasteiger partial charge in [0.25, 0.3) is 0 Å². The van der Waals surface area contributed by atoms with E-state index in [1.165, 1.54) is 0 Å². The summed E-state index contributed by atoms with van der Waals surface area (Å²) in [6.45, 7) is 5.61. The molecule has 0 aliphatic rings. The van der Waals surface area contributed by atoms with E-state index in [1.807, 2.05) is 24.3 Å². The van der Waals surface area contributed by atoms with Crippen LogP contribution in [-0.4, -0.2) is 15.1 Å². The Labute approximate surface area is 123 Å². The number of hydrogen-bond acceptors (Lipinski definition) is 4. The van der Waals surface area contributed by atoms with E-state index in [1.54, 1.807) is 13.8 Å². The molecule has 1 aromatic carbocycles. The van der Waals surface area contributed by atoms with Gasteiger partial charge in [0.05, 0.1) is 17.4 Å². The predicted molar refractivity (Wildman–Crippen MR) is 81.3 cm³/mol. The number of rotatable bonds is 4. The summed E-state index contributed by atoms with van der Waals surface area (Å²) in [6.07, 6.45) is 0.893. The van der Waals surface area contributed by atoms with Gasteiger partial charge in [0.15, 0.2) is 5.75 Å². The molecule has 1 aromatic heterocycles. The van der Waals surface area contributed by atoms with E-state index in [4.69, 9.17) is 11.6 Å². The summed E-state index contributed by atoms with van der Waals surface area (Å²) < 4.78 is 0. The van der Waals surface area contributed by atoms with Crippen LogP contribution in [0.2, 0.25) is 5.02 Å². The topological polar surface area (TPSA) is 58.0 Å². The molecule has 0 spiro atoms. The van der Waals surface area contributed by atoms with Crippen LogP contribution in [0.5, 0.6) is 5.75 Å². The highest BCUT2D eigenvalue weighted by molar-refractivity contribution is 6.30. The molecule has 2 N–H and O–H groups in total. The lowest BCUT2D eigenvalue weighted by Gasteiger charge is -2.18. The Morgan fingerprint density at radius 3 is 2.20 bits per heavy atom. The molecule has 20 heavy (non-hydrogen) atoms. The third-order valence-electron chi connectivity index (χ3n) is 3.22. The van der Waals surface area contributed by atoms with Gasteiger partial charge in [-0.25, -0.2) is 9.97 Å². The van der Waals surface area contributed by atoms with Gasteiger partial charge in [0, 0.05) is 5.02 Å². The van der Waals surface area contributed by atoms with Crippen molar-refractivity contribution in [3.63, 3.8) is 0 Å². The first kappa shape index (κ1) is 14.6. The van der Waals surface area contributed by atoms with Gasteiger partial charge >= 0.3 is 0 Å². The molecule has 0 amide bonds. The second-order valence-corrected chi connectivity index (χ2v) is 5.16. The summed E-state index contributed by atoms with van der Waals surface area (Å²) in [5, 5.41) is 13.7. The second kappa shape index (κ2) is 6.09. The van der Waals surface area contributed by atoms with Crippen LogP contribution in [0.1, 0.15) is 36.3 Å². The summed E-state index contributed by atoms with van der Waals surface area (Å²) in [7, 11) is 0. The standard InChI is InChI=1S/C15H18ClN3O/c1-4-13(11-5-7-12(16)8-6-11)19-15-17-9(2)14(20)10(3)18-15/h5-8,13,20H,4H2,1-3H3,(H,17,18,19). The Bertz CT molecular complexity index is 576. The molecule has 1 atom stereocenters. The maximum Gasteiger partial charge on any atom is 0.223 e. The zero-order valence-corrected chi connectivity index (χ0v) is 12.6. The molecule has 2 rings (SSSR count). The van der Waals surface area contributed by atoms with E-state index in [2.05, 4.69) is 22.2 Å². The van der Waals surface area contributed by atoms with Crippen molar-refractivity contribution in [3.05, 3.63) is 46.2 Å². The van der Waals surface area contributed by atoms with Crippen LogP contribution < -0.4 is 5.32 Å². The van der Waals surface area contributed by atoms with Crippen LogP contribution in [0.4, 0.5) is 5.95 Å². The fraction of sp³-hybridized carbons (Fsp3) is 0.333. The number of aromatic hydroxyl groups is 1. The molecule has 2 aromatic rings. The van der Waals surface area contributed by atoms with Crippen molar-refractivity contribution < 1.29 is 5.11 Å². The summed E-state index contributed by atoms with van der Waals surface area (Å²) in [6, 6.07) is 7.83. The smallest absolute Gasteiger partial charge is 0.223 e. The van der Waals surface area contributed by atoms with Gasteiger partial charge in [0.2, 0.25) is 5.95 Å². The average molecular weight is 292 g/mol. The number of nitrogens with one attached hydrogen (secondary N) is 1. The van der Waals surface area contributed by atoms with Crippen molar-refractivity contribution >= 4 is 17.5 Å². The minimum absolute atomic E-state index is 0.107. The lowest BCUT2D eigenvalue weighted by atomic mass is 10.1. The van der Waals surface area contributed by atoms with Crippen LogP contribution in [0, 0.1) is 13.8 Å². The van der Waals surface area contributed by atoms with Crippen LogP contribution in [-0.2, 0) is 0 Å². The molecule has 0 fully saturated rings. The number of aromatic nitrogens is 2. The molecular weight excluding hydrogens is 274 g/mol. The molecule has 0 aliphatic heterocycles. The van der Waals surface area contributed by atoms with E-state index < -0.39 is 0 Å². The highest BCUT2D eigenvalue weighted by Gasteiger charge is 2.13. The van der Waals surface area contributed by atoms with Crippen LogP contribution in [0.25, 0.3) is 0 Å². The van der Waals surface area contributed by atoms with Crippen LogP contribution in [0.15, 0.2) is 24.3 Å². The normalized spacial score (nSPS) is 12.2. The predicted octanol–water partition coefficient (Wildman–Crippen LogP) is 4.02. The lowest BCUT2D eigenvalue weighted by Crippen LogP contribution is -2.13. The SMILES string of the molecule is CCC(Nc1nc(C)c(O)c(C)n1)c1ccc(Cl)cc1. The Hall–Kier alpha value is -1.81. The van der Waals surface area contributed by atoms with Gasteiger partial charge < -0.3 is 10.4 Å². The van der Waals surface area contributed by atoms with Crippen molar-refractivity contribution in [2.24, 2.45) is 0 Å². The van der Waals surface area contributed by atoms with Gasteiger partial charge in [-0.05, 0) is 38.0 Å². The highest BCUT2D eigenvalue weighted by Crippen LogP contribution is 2.25. The summed E-state index contributed by atoms with van der Waals surface area (Å²) in [5.41, 5.74) is 2.28. The Morgan fingerprint density at radius 1 is 1.15 bits per heavy atom. The molecule has 0 saturated carbocycles. The third-order valence-corrected chi connectivity index (χ3v) is 3.47. The molecule has 4 nitrogen and oxygen atoms in total. The maximum absolute atomic E-state index is 9.70. The molecule has 0 saturated heterocycles. The Morgan fingerprint density at radius 2 is 1.70 bits per heavy atom. The first-order chi connectivity index (χ1) is 9.51. The summed E-state index contributed by atoms with van der Waals surface area (Å²) in [4.78, 5) is 8.53. The molecule has 5 heteroatoms. The van der Waals surface area contributed by atoms with Crippen molar-refractivity contribution in [2.75, 3.05) is 5.32 Å². The quantitative estimate of drug-likeness (QED) is 0.893. The highest BCUT2D eigenvalue weighted by atomic mass is 35.5. The van der Waals surface area contributed by atoms with E-state index in [0.29, 0.717) is 17.3 Å². The van der Waals surface area contributed by atoms with E-state index in [9.17, 15) is 5.11 Å². The molecule has 1 unspecified atom stereocenters. The first-order valence-corrected chi connectivity index (χ1v) is 6.95. The fourth-order valence-electron chi connectivity index (χ4n) is 2.05. The average Bonchev–Trinajstić information content (AvgIpc) is 2.43. The molecular formula is C15H18ClN3O. The fourth-order valence-corrected chi connectivity index (χ4v) is 2.17. The largest absolute Gasteiger partial charge is 0.504 e. The van der Waals surface area contributed by atoms with E-state index >= 15 is 0 Å². The number of anilines is 1. The molecule has 106 valence electrons. The lowest BCUT2D eigenvalue weighted by molar-refractivity contribution is 0.459. The zero-order chi connectivity index (χ0) is 14.7. The first-order valence-electron chi connectivity index (χ1n) is 6.57. The van der Waals surface area contributed by atoms with Crippen molar-refractivity contribution in [3.8, 4) is 5.75 Å². The van der Waals surface area contributed by atoms with Gasteiger partial charge in [0.1, 0.15) is 0 Å². The number of nitrogens with zero attached hydrogens (tertiary/aromatic N) is 2. The van der Waals surface area contributed by atoms with Crippen molar-refractivity contribution in [1.29, 1.82) is 0 Å². The number of aryl methyl sites for hydroxylation is 2. The molecule has 1 heterocycles. The second-order valence-electron chi connectivity index (χ2n) is 4.72. The number of halogens is 1.